The van der Waals surface area contributed by atoms with E-state index in [4.69, 9.17) is 5.11 Å². The number of anilines is 1. The van der Waals surface area contributed by atoms with Crippen molar-refractivity contribution in [3.8, 4) is 0 Å². The lowest BCUT2D eigenvalue weighted by molar-refractivity contribution is -0.140. The van der Waals surface area contributed by atoms with Crippen molar-refractivity contribution in [2.75, 3.05) is 50.7 Å². The summed E-state index contributed by atoms with van der Waals surface area (Å²) in [5.74, 6) is -2.08. The number of hydrogen-bond donors (Lipinski definition) is 3. The van der Waals surface area contributed by atoms with Crippen molar-refractivity contribution in [3.05, 3.63) is 58.1 Å². The summed E-state index contributed by atoms with van der Waals surface area (Å²) in [7, 11) is 0. The Morgan fingerprint density at radius 2 is 1.91 bits per heavy atom. The second-order valence-electron chi connectivity index (χ2n) is 10.8. The maximum atomic E-state index is 14.0. The van der Waals surface area contributed by atoms with Crippen molar-refractivity contribution in [3.63, 3.8) is 0 Å². The zero-order chi connectivity index (χ0) is 30.7. The predicted octanol–water partition coefficient (Wildman–Crippen LogP) is 3.43. The molecule has 0 spiro atoms. The number of rotatable bonds is 9. The number of aromatic nitrogens is 2. The Morgan fingerprint density at radius 1 is 1.14 bits per heavy atom. The van der Waals surface area contributed by atoms with Gasteiger partial charge in [-0.3, -0.25) is 19.4 Å². The zero-order valence-electron chi connectivity index (χ0n) is 23.5. The van der Waals surface area contributed by atoms with Gasteiger partial charge in [0.15, 0.2) is 5.50 Å². The molecule has 15 heteroatoms. The largest absolute Gasteiger partial charge is 0.481 e. The van der Waals surface area contributed by atoms with Gasteiger partial charge >= 0.3 is 12.1 Å². The van der Waals surface area contributed by atoms with Crippen molar-refractivity contribution in [1.29, 1.82) is 0 Å². The second-order valence-corrected chi connectivity index (χ2v) is 12.0. The fourth-order valence-electron chi connectivity index (χ4n) is 5.43. The van der Waals surface area contributed by atoms with Gasteiger partial charge in [0.1, 0.15) is 17.3 Å². The normalized spacial score (nSPS) is 21.7. The van der Waals surface area contributed by atoms with Gasteiger partial charge in [0.2, 0.25) is 0 Å². The molecule has 0 bridgehead atoms. The van der Waals surface area contributed by atoms with Crippen LogP contribution in [0.5, 0.6) is 0 Å². The first-order chi connectivity index (χ1) is 20.5. The molecule has 2 saturated heterocycles. The molecular weight excluding hydrogens is 590 g/mol. The van der Waals surface area contributed by atoms with E-state index in [1.807, 2.05) is 4.90 Å². The van der Waals surface area contributed by atoms with E-state index in [-0.39, 0.29) is 17.7 Å². The molecule has 2 aromatic rings. The number of alkyl halides is 3. The molecule has 10 nitrogen and oxygen atoms in total. The van der Waals surface area contributed by atoms with E-state index in [1.54, 1.807) is 0 Å². The number of benzene rings is 1. The van der Waals surface area contributed by atoms with E-state index >= 15 is 0 Å². The Kier molecular flexibility index (Phi) is 9.42. The molecule has 5 rings (SSSR count). The highest BCUT2D eigenvalue weighted by atomic mass is 32.2. The molecule has 2 fully saturated rings. The summed E-state index contributed by atoms with van der Waals surface area (Å²) in [4.78, 5) is 39.6. The fraction of sp³-hybridized carbons (Fsp3) is 0.500. The van der Waals surface area contributed by atoms with Crippen molar-refractivity contribution < 1.29 is 32.3 Å². The van der Waals surface area contributed by atoms with Gasteiger partial charge in [-0.1, -0.05) is 11.8 Å². The number of carbonyl (C=O) groups excluding carboxylic acids is 1. The topological polar surface area (TPSA) is 114 Å². The molecule has 3 N–H and O–H groups in total. The Balaban J connectivity index is 1.24. The Hall–Kier alpha value is -3.43. The first-order valence-electron chi connectivity index (χ1n) is 14.1. The molecule has 0 saturated carbocycles. The monoisotopic (exact) mass is 623 g/mol. The van der Waals surface area contributed by atoms with Crippen molar-refractivity contribution >= 4 is 35.2 Å². The summed E-state index contributed by atoms with van der Waals surface area (Å²) in [6, 6.07) is 3.23. The Morgan fingerprint density at radius 3 is 2.53 bits per heavy atom. The summed E-state index contributed by atoms with van der Waals surface area (Å²) in [5, 5.41) is 14.8. The van der Waals surface area contributed by atoms with Crippen LogP contribution in [-0.2, 0) is 11.0 Å². The van der Waals surface area contributed by atoms with Crippen LogP contribution < -0.4 is 15.5 Å². The molecule has 232 valence electrons. The second kappa shape index (κ2) is 13.1. The molecule has 4 heterocycles. The lowest BCUT2D eigenvalue weighted by Gasteiger charge is -2.34. The number of piperazine rings is 1. The maximum Gasteiger partial charge on any atom is 0.419 e. The SMILES string of the molecule is CC1CCCN1CC1=C(c2ccc(F)c(C(F)(F)F)c2)NC(NC(=O)c2cnc(N3CCN(CCC(=O)O)CC3)cn2)S1. The molecule has 2 atom stereocenters. The number of amides is 1. The first kappa shape index (κ1) is 31.0. The number of nitrogens with one attached hydrogen (secondary N) is 2. The minimum atomic E-state index is -4.84. The predicted molar refractivity (Wildman–Crippen MR) is 154 cm³/mol. The lowest BCUT2D eigenvalue weighted by Crippen LogP contribution is -2.47. The van der Waals surface area contributed by atoms with Gasteiger partial charge in [-0.2, -0.15) is 13.2 Å². The Labute approximate surface area is 250 Å². The van der Waals surface area contributed by atoms with E-state index in [1.165, 1.54) is 30.2 Å². The third kappa shape index (κ3) is 7.57. The number of hydrogen-bond acceptors (Lipinski definition) is 9. The standard InChI is InChI=1S/C28H33F4N7O3S/c1-17-3-2-7-39(17)16-22-25(18-4-5-20(29)19(13-18)28(30,31)32)35-27(43-22)36-26(42)21-14-34-23(15-33-21)38-11-9-37(10-12-38)8-6-24(40)41/h4-5,13-15,17,27,35H,2-3,6-12,16H2,1H3,(H,36,42)(H,40,41). The number of likely N-dealkylation sites (tertiary alicyclic amines) is 1. The van der Waals surface area contributed by atoms with Gasteiger partial charge in [0.05, 0.1) is 30.1 Å². The number of carbonyl (C=O) groups is 2. The highest BCUT2D eigenvalue weighted by Crippen LogP contribution is 2.39. The molecule has 0 aliphatic carbocycles. The van der Waals surface area contributed by atoms with Crippen LogP contribution in [0.2, 0.25) is 0 Å². The highest BCUT2D eigenvalue weighted by Gasteiger charge is 2.36. The van der Waals surface area contributed by atoms with E-state index in [0.717, 1.165) is 36.4 Å². The number of nitrogens with zero attached hydrogens (tertiary/aromatic N) is 5. The number of aliphatic carboxylic acids is 1. The Bertz CT molecular complexity index is 1370. The average molecular weight is 624 g/mol. The van der Waals surface area contributed by atoms with E-state index in [0.29, 0.717) is 56.8 Å². The molecule has 1 amide bonds. The average Bonchev–Trinajstić information content (AvgIpc) is 3.57. The van der Waals surface area contributed by atoms with Crippen LogP contribution >= 0.6 is 11.8 Å². The van der Waals surface area contributed by atoms with Crippen molar-refractivity contribution in [2.24, 2.45) is 0 Å². The van der Waals surface area contributed by atoms with Gasteiger partial charge in [0, 0.05) is 50.2 Å². The molecule has 2 unspecified atom stereocenters. The lowest BCUT2D eigenvalue weighted by atomic mass is 10.1. The quantitative estimate of drug-likeness (QED) is 0.359. The number of carboxylic acid groups (broad SMARTS) is 1. The first-order valence-corrected chi connectivity index (χ1v) is 15.0. The number of halogens is 4. The molecule has 1 aromatic heterocycles. The molecular formula is C28H33F4N7O3S. The van der Waals surface area contributed by atoms with Crippen LogP contribution in [0.1, 0.15) is 47.8 Å². The van der Waals surface area contributed by atoms with Crippen LogP contribution in [0, 0.1) is 5.82 Å². The fourth-order valence-corrected chi connectivity index (χ4v) is 6.59. The molecule has 1 aromatic carbocycles. The van der Waals surface area contributed by atoms with Gasteiger partial charge in [-0.15, -0.1) is 0 Å². The third-order valence-electron chi connectivity index (χ3n) is 7.88. The zero-order valence-corrected chi connectivity index (χ0v) is 24.3. The minimum Gasteiger partial charge on any atom is -0.481 e. The van der Waals surface area contributed by atoms with Gasteiger partial charge in [0.25, 0.3) is 5.91 Å². The van der Waals surface area contributed by atoms with Gasteiger partial charge in [-0.05, 0) is 50.1 Å². The van der Waals surface area contributed by atoms with Crippen LogP contribution in [0.3, 0.4) is 0 Å². The van der Waals surface area contributed by atoms with Crippen molar-refractivity contribution in [2.45, 2.75) is 43.9 Å². The van der Waals surface area contributed by atoms with Gasteiger partial charge < -0.3 is 20.6 Å². The molecule has 43 heavy (non-hydrogen) atoms. The summed E-state index contributed by atoms with van der Waals surface area (Å²) >= 11 is 1.30. The summed E-state index contributed by atoms with van der Waals surface area (Å²) in [6.45, 7) is 6.59. The van der Waals surface area contributed by atoms with Crippen LogP contribution in [0.25, 0.3) is 5.70 Å². The van der Waals surface area contributed by atoms with Crippen molar-refractivity contribution in [1.82, 2.24) is 30.4 Å². The van der Waals surface area contributed by atoms with Crippen LogP contribution in [0.15, 0.2) is 35.5 Å². The highest BCUT2D eigenvalue weighted by molar-refractivity contribution is 8.04. The minimum absolute atomic E-state index is 0.0792. The van der Waals surface area contributed by atoms with E-state index < -0.39 is 34.9 Å². The van der Waals surface area contributed by atoms with Gasteiger partial charge in [-0.25, -0.2) is 14.4 Å². The van der Waals surface area contributed by atoms with Crippen LogP contribution in [-0.4, -0.2) is 94.1 Å². The molecule has 3 aliphatic heterocycles. The van der Waals surface area contributed by atoms with Crippen LogP contribution in [0.4, 0.5) is 23.4 Å². The maximum absolute atomic E-state index is 14.0. The molecule has 3 aliphatic rings. The third-order valence-corrected chi connectivity index (χ3v) is 8.97. The number of thioether (sulfide) groups is 1. The van der Waals surface area contributed by atoms with E-state index in [9.17, 15) is 27.2 Å². The summed E-state index contributed by atoms with van der Waals surface area (Å²) in [5.41, 5.74) is -1.34. The summed E-state index contributed by atoms with van der Waals surface area (Å²) < 4.78 is 54.4. The smallest absolute Gasteiger partial charge is 0.419 e. The summed E-state index contributed by atoms with van der Waals surface area (Å²) in [6.07, 6.45) is 0.168. The molecule has 0 radical (unpaired) electrons. The number of carboxylic acids is 1. The van der Waals surface area contributed by atoms with E-state index in [2.05, 4.69) is 37.3 Å².